The molecule has 1 saturated carbocycles. The summed E-state index contributed by atoms with van der Waals surface area (Å²) in [5, 5.41) is 11.5. The van der Waals surface area contributed by atoms with Gasteiger partial charge in [-0.3, -0.25) is 9.59 Å². The molecule has 0 saturated heterocycles. The Labute approximate surface area is 104 Å². The zero-order valence-corrected chi connectivity index (χ0v) is 9.94. The van der Waals surface area contributed by atoms with E-state index in [1.807, 2.05) is 0 Å². The van der Waals surface area contributed by atoms with Crippen LogP contribution in [0.25, 0.3) is 0 Å². The molecule has 2 N–H and O–H groups in total. The first-order chi connectivity index (χ1) is 8.47. The summed E-state index contributed by atoms with van der Waals surface area (Å²) in [6.45, 7) is 1.63. The first-order valence-electron chi connectivity index (χ1n) is 5.76. The van der Waals surface area contributed by atoms with Crippen LogP contribution >= 0.6 is 0 Å². The third-order valence-electron chi connectivity index (χ3n) is 3.31. The number of carbonyl (C=O) groups is 2. The number of halogens is 1. The molecule has 0 heterocycles. The van der Waals surface area contributed by atoms with E-state index in [9.17, 15) is 14.0 Å². The van der Waals surface area contributed by atoms with Crippen molar-refractivity contribution in [2.24, 2.45) is 5.41 Å². The highest BCUT2D eigenvalue weighted by Crippen LogP contribution is 2.46. The van der Waals surface area contributed by atoms with Gasteiger partial charge < -0.3 is 10.4 Å². The Morgan fingerprint density at radius 2 is 2.00 bits per heavy atom. The lowest BCUT2D eigenvalue weighted by Gasteiger charge is -2.17. The summed E-state index contributed by atoms with van der Waals surface area (Å²) in [7, 11) is 0. The van der Waals surface area contributed by atoms with E-state index < -0.39 is 29.2 Å². The third-order valence-corrected chi connectivity index (χ3v) is 3.31. The van der Waals surface area contributed by atoms with E-state index in [1.54, 1.807) is 25.1 Å². The molecule has 2 rings (SSSR count). The summed E-state index contributed by atoms with van der Waals surface area (Å²) < 4.78 is 13.5. The van der Waals surface area contributed by atoms with Crippen LogP contribution in [0.2, 0.25) is 0 Å². The van der Waals surface area contributed by atoms with Gasteiger partial charge in [-0.15, -0.1) is 0 Å². The highest BCUT2D eigenvalue weighted by Gasteiger charge is 2.57. The molecular formula is C13H14FNO3. The molecule has 18 heavy (non-hydrogen) atoms. The minimum absolute atomic E-state index is 0.345. The van der Waals surface area contributed by atoms with Crippen molar-refractivity contribution >= 4 is 11.9 Å². The molecule has 1 unspecified atom stereocenters. The first kappa shape index (κ1) is 12.5. The van der Waals surface area contributed by atoms with Gasteiger partial charge in [0.15, 0.2) is 0 Å². The summed E-state index contributed by atoms with van der Waals surface area (Å²) in [5.41, 5.74) is -0.938. The smallest absolute Gasteiger partial charge is 0.319 e. The highest BCUT2D eigenvalue weighted by molar-refractivity contribution is 6.04. The zero-order chi connectivity index (χ0) is 13.3. The second kappa shape index (κ2) is 4.40. The number of carbonyl (C=O) groups excluding carboxylic acids is 1. The van der Waals surface area contributed by atoms with Crippen LogP contribution < -0.4 is 5.32 Å². The van der Waals surface area contributed by atoms with E-state index in [0.29, 0.717) is 18.4 Å². The van der Waals surface area contributed by atoms with Gasteiger partial charge in [-0.05, 0) is 25.8 Å². The standard InChI is InChI=1S/C13H14FNO3/c1-8(9-4-2-3-5-10(9)14)15-11(16)13(6-7-13)12(17)18/h2-5,8H,6-7H2,1H3,(H,15,16)(H,17,18). The SMILES string of the molecule is CC(NC(=O)C1(C(=O)O)CC1)c1ccccc1F. The second-order valence-corrected chi connectivity index (χ2v) is 4.60. The molecule has 1 aromatic carbocycles. The van der Waals surface area contributed by atoms with Crippen molar-refractivity contribution in [1.82, 2.24) is 5.32 Å². The molecule has 4 nitrogen and oxygen atoms in total. The maximum Gasteiger partial charge on any atom is 0.319 e. The van der Waals surface area contributed by atoms with Crippen LogP contribution in [-0.2, 0) is 9.59 Å². The fourth-order valence-electron chi connectivity index (χ4n) is 1.90. The van der Waals surface area contributed by atoms with Gasteiger partial charge in [0.25, 0.3) is 0 Å². The molecule has 0 radical (unpaired) electrons. The molecule has 1 aliphatic carbocycles. The molecule has 1 aliphatic rings. The number of carboxylic acid groups (broad SMARTS) is 1. The van der Waals surface area contributed by atoms with Crippen LogP contribution in [0.3, 0.4) is 0 Å². The van der Waals surface area contributed by atoms with Crippen LogP contribution in [0.15, 0.2) is 24.3 Å². The molecular weight excluding hydrogens is 237 g/mol. The molecule has 1 aromatic rings. The van der Waals surface area contributed by atoms with Gasteiger partial charge >= 0.3 is 5.97 Å². The Morgan fingerprint density at radius 1 is 1.39 bits per heavy atom. The normalized spacial score (nSPS) is 17.9. The highest BCUT2D eigenvalue weighted by atomic mass is 19.1. The second-order valence-electron chi connectivity index (χ2n) is 4.60. The number of hydrogen-bond donors (Lipinski definition) is 2. The minimum Gasteiger partial charge on any atom is -0.480 e. The Morgan fingerprint density at radius 3 is 2.50 bits per heavy atom. The predicted molar refractivity (Wildman–Crippen MR) is 62.3 cm³/mol. The number of amides is 1. The van der Waals surface area contributed by atoms with E-state index in [2.05, 4.69) is 5.32 Å². The van der Waals surface area contributed by atoms with Gasteiger partial charge in [-0.1, -0.05) is 18.2 Å². The maximum atomic E-state index is 13.5. The summed E-state index contributed by atoms with van der Waals surface area (Å²) in [6.07, 6.45) is 0.691. The number of aliphatic carboxylic acids is 1. The Kier molecular flexibility index (Phi) is 3.07. The molecule has 5 heteroatoms. The first-order valence-corrected chi connectivity index (χ1v) is 5.76. The Bertz CT molecular complexity index is 497. The lowest BCUT2D eigenvalue weighted by molar-refractivity contribution is -0.149. The average Bonchev–Trinajstić information content (AvgIpc) is 3.10. The van der Waals surface area contributed by atoms with Gasteiger partial charge in [0, 0.05) is 5.56 Å². The zero-order valence-electron chi connectivity index (χ0n) is 9.94. The van der Waals surface area contributed by atoms with Crippen LogP contribution in [0.4, 0.5) is 4.39 Å². The van der Waals surface area contributed by atoms with Gasteiger partial charge in [0.1, 0.15) is 11.2 Å². The number of rotatable bonds is 4. The van der Waals surface area contributed by atoms with E-state index in [0.717, 1.165) is 0 Å². The molecule has 0 bridgehead atoms. The van der Waals surface area contributed by atoms with E-state index in [4.69, 9.17) is 5.11 Å². The third kappa shape index (κ3) is 2.08. The molecule has 1 atom stereocenters. The van der Waals surface area contributed by atoms with Crippen molar-refractivity contribution in [3.63, 3.8) is 0 Å². The number of benzene rings is 1. The summed E-state index contributed by atoms with van der Waals surface area (Å²) in [5.74, 6) is -2.06. The van der Waals surface area contributed by atoms with Gasteiger partial charge in [0.2, 0.25) is 5.91 Å². The fraction of sp³-hybridized carbons (Fsp3) is 0.385. The van der Waals surface area contributed by atoms with E-state index >= 15 is 0 Å². The van der Waals surface area contributed by atoms with Crippen LogP contribution in [0.1, 0.15) is 31.4 Å². The number of nitrogens with one attached hydrogen (secondary N) is 1. The number of carboxylic acids is 1. The van der Waals surface area contributed by atoms with Crippen LogP contribution in [0.5, 0.6) is 0 Å². The lowest BCUT2D eigenvalue weighted by Crippen LogP contribution is -2.38. The summed E-state index contributed by atoms with van der Waals surface area (Å²) >= 11 is 0. The van der Waals surface area contributed by atoms with Crippen molar-refractivity contribution in [3.8, 4) is 0 Å². The lowest BCUT2D eigenvalue weighted by atomic mass is 10.0. The minimum atomic E-state index is -1.29. The predicted octanol–water partition coefficient (Wildman–Crippen LogP) is 1.87. The topological polar surface area (TPSA) is 66.4 Å². The van der Waals surface area contributed by atoms with Crippen LogP contribution in [0, 0.1) is 11.2 Å². The van der Waals surface area contributed by atoms with E-state index in [1.165, 1.54) is 6.07 Å². The monoisotopic (exact) mass is 251 g/mol. The molecule has 0 aromatic heterocycles. The number of hydrogen-bond acceptors (Lipinski definition) is 2. The van der Waals surface area contributed by atoms with Crippen molar-refractivity contribution in [2.75, 3.05) is 0 Å². The van der Waals surface area contributed by atoms with Crippen molar-refractivity contribution < 1.29 is 19.1 Å². The molecule has 0 aliphatic heterocycles. The Hall–Kier alpha value is -1.91. The van der Waals surface area contributed by atoms with E-state index in [-0.39, 0.29) is 0 Å². The molecule has 1 fully saturated rings. The van der Waals surface area contributed by atoms with Gasteiger partial charge in [-0.25, -0.2) is 4.39 Å². The average molecular weight is 251 g/mol. The molecule has 0 spiro atoms. The molecule has 96 valence electrons. The largest absolute Gasteiger partial charge is 0.480 e. The summed E-state index contributed by atoms with van der Waals surface area (Å²) in [6, 6.07) is 5.57. The Balaban J connectivity index is 2.09. The van der Waals surface area contributed by atoms with Crippen molar-refractivity contribution in [1.29, 1.82) is 0 Å². The van der Waals surface area contributed by atoms with Gasteiger partial charge in [-0.2, -0.15) is 0 Å². The maximum absolute atomic E-state index is 13.5. The fourth-order valence-corrected chi connectivity index (χ4v) is 1.90. The van der Waals surface area contributed by atoms with Crippen molar-refractivity contribution in [2.45, 2.75) is 25.8 Å². The quantitative estimate of drug-likeness (QED) is 0.803. The molecule has 1 amide bonds. The van der Waals surface area contributed by atoms with Gasteiger partial charge in [0.05, 0.1) is 6.04 Å². The van der Waals surface area contributed by atoms with Crippen LogP contribution in [-0.4, -0.2) is 17.0 Å². The summed E-state index contributed by atoms with van der Waals surface area (Å²) in [4.78, 5) is 22.8. The van der Waals surface area contributed by atoms with Crippen molar-refractivity contribution in [3.05, 3.63) is 35.6 Å².